The number of carbonyl (C=O) groups is 1. The molecule has 2 rings (SSSR count). The number of amides is 1. The van der Waals surface area contributed by atoms with E-state index in [9.17, 15) is 14.9 Å². The highest BCUT2D eigenvalue weighted by Crippen LogP contribution is 2.26. The van der Waals surface area contributed by atoms with Gasteiger partial charge in [-0.25, -0.2) is 0 Å². The van der Waals surface area contributed by atoms with Crippen LogP contribution in [0.3, 0.4) is 0 Å². The van der Waals surface area contributed by atoms with Crippen molar-refractivity contribution in [1.29, 1.82) is 0 Å². The number of hydrogen-bond donors (Lipinski definition) is 0. The van der Waals surface area contributed by atoms with Crippen molar-refractivity contribution < 1.29 is 14.5 Å². The van der Waals surface area contributed by atoms with Crippen LogP contribution in [0.15, 0.2) is 12.1 Å². The number of thiophene rings is 1. The zero-order valence-corrected chi connectivity index (χ0v) is 12.4. The maximum Gasteiger partial charge on any atom is 0.324 e. The Labute approximate surface area is 125 Å². The van der Waals surface area contributed by atoms with Crippen molar-refractivity contribution in [2.75, 3.05) is 25.6 Å². The minimum atomic E-state index is -0.478. The maximum atomic E-state index is 12.2. The van der Waals surface area contributed by atoms with Crippen LogP contribution < -0.4 is 0 Å². The summed E-state index contributed by atoms with van der Waals surface area (Å²) in [5.41, 5.74) is 0. The first kappa shape index (κ1) is 15.2. The van der Waals surface area contributed by atoms with Crippen LogP contribution in [0.5, 0.6) is 0 Å². The van der Waals surface area contributed by atoms with Gasteiger partial charge in [-0.3, -0.25) is 14.9 Å². The molecule has 0 radical (unpaired) electrons. The number of carbonyl (C=O) groups excluding carboxylic acids is 1. The highest BCUT2D eigenvalue weighted by Gasteiger charge is 2.26. The molecule has 0 bridgehead atoms. The maximum absolute atomic E-state index is 12.2. The first-order valence-corrected chi connectivity index (χ1v) is 7.68. The summed E-state index contributed by atoms with van der Waals surface area (Å²) in [6.45, 7) is 1.74. The summed E-state index contributed by atoms with van der Waals surface area (Å²) in [5, 5.41) is 10.6. The quantitative estimate of drug-likeness (QED) is 0.475. The third kappa shape index (κ3) is 3.68. The highest BCUT2D eigenvalue weighted by molar-refractivity contribution is 7.17. The topological polar surface area (TPSA) is 72.7 Å². The van der Waals surface area contributed by atoms with Crippen LogP contribution in [0, 0.1) is 10.1 Å². The molecule has 6 nitrogen and oxygen atoms in total. The van der Waals surface area contributed by atoms with Crippen LogP contribution in [-0.2, 0) is 4.74 Å². The summed E-state index contributed by atoms with van der Waals surface area (Å²) in [5.74, 6) is 0.330. The van der Waals surface area contributed by atoms with E-state index in [0.717, 1.165) is 24.2 Å². The summed E-state index contributed by atoms with van der Waals surface area (Å²) in [4.78, 5) is 24.5. The van der Waals surface area contributed by atoms with Gasteiger partial charge in [0.2, 0.25) is 0 Å². The number of piperidine rings is 1. The van der Waals surface area contributed by atoms with Gasteiger partial charge in [0, 0.05) is 25.0 Å². The van der Waals surface area contributed by atoms with Gasteiger partial charge in [0.15, 0.2) is 0 Å². The second kappa shape index (κ2) is 7.01. The Balaban J connectivity index is 1.89. The highest BCUT2D eigenvalue weighted by atomic mass is 35.5. The van der Waals surface area contributed by atoms with Gasteiger partial charge >= 0.3 is 5.00 Å². The van der Waals surface area contributed by atoms with Gasteiger partial charge < -0.3 is 9.64 Å². The molecule has 1 saturated heterocycles. The Morgan fingerprint density at radius 3 is 2.75 bits per heavy atom. The van der Waals surface area contributed by atoms with Gasteiger partial charge in [-0.1, -0.05) is 11.3 Å². The Kier molecular flexibility index (Phi) is 5.33. The van der Waals surface area contributed by atoms with Crippen molar-refractivity contribution in [3.05, 3.63) is 27.1 Å². The second-order valence-electron chi connectivity index (χ2n) is 4.45. The van der Waals surface area contributed by atoms with Gasteiger partial charge in [0.05, 0.1) is 22.5 Å². The number of rotatable bonds is 5. The average Bonchev–Trinajstić information content (AvgIpc) is 2.95. The molecular formula is C12H15ClN2O4S. The van der Waals surface area contributed by atoms with E-state index >= 15 is 0 Å². The molecule has 0 atom stereocenters. The number of halogens is 1. The third-order valence-corrected chi connectivity index (χ3v) is 4.32. The van der Waals surface area contributed by atoms with Crippen LogP contribution in [0.25, 0.3) is 0 Å². The van der Waals surface area contributed by atoms with E-state index in [-0.39, 0.29) is 17.0 Å². The number of nitro groups is 1. The Morgan fingerprint density at radius 2 is 2.20 bits per heavy atom. The minimum Gasteiger partial charge on any atom is -0.377 e. The molecule has 1 amide bonds. The zero-order valence-electron chi connectivity index (χ0n) is 10.8. The van der Waals surface area contributed by atoms with E-state index in [1.807, 2.05) is 0 Å². The minimum absolute atomic E-state index is 0.00585. The number of nitrogens with zero attached hydrogens (tertiary/aromatic N) is 2. The van der Waals surface area contributed by atoms with Gasteiger partial charge in [-0.15, -0.1) is 11.6 Å². The molecule has 0 N–H and O–H groups in total. The van der Waals surface area contributed by atoms with Crippen molar-refractivity contribution >= 4 is 33.8 Å². The monoisotopic (exact) mass is 318 g/mol. The van der Waals surface area contributed by atoms with Crippen LogP contribution in [0.1, 0.15) is 22.5 Å². The molecule has 110 valence electrons. The molecule has 0 unspecified atom stereocenters. The lowest BCUT2D eigenvalue weighted by atomic mass is 10.1. The molecule has 0 aromatic carbocycles. The van der Waals surface area contributed by atoms with Crippen molar-refractivity contribution in [3.63, 3.8) is 0 Å². The van der Waals surface area contributed by atoms with Crippen molar-refractivity contribution in [2.24, 2.45) is 0 Å². The molecule has 20 heavy (non-hydrogen) atoms. The largest absolute Gasteiger partial charge is 0.377 e. The second-order valence-corrected chi connectivity index (χ2v) is 5.89. The van der Waals surface area contributed by atoms with E-state index in [1.165, 1.54) is 12.1 Å². The van der Waals surface area contributed by atoms with Gasteiger partial charge in [0.1, 0.15) is 0 Å². The molecule has 1 aliphatic rings. The van der Waals surface area contributed by atoms with Crippen molar-refractivity contribution in [3.8, 4) is 0 Å². The lowest BCUT2D eigenvalue weighted by Crippen LogP contribution is -2.40. The van der Waals surface area contributed by atoms with E-state index < -0.39 is 4.92 Å². The summed E-state index contributed by atoms with van der Waals surface area (Å²) < 4.78 is 5.54. The fraction of sp³-hybridized carbons (Fsp3) is 0.583. The average molecular weight is 319 g/mol. The summed E-state index contributed by atoms with van der Waals surface area (Å²) >= 11 is 6.48. The van der Waals surface area contributed by atoms with E-state index in [2.05, 4.69) is 0 Å². The van der Waals surface area contributed by atoms with Crippen molar-refractivity contribution in [2.45, 2.75) is 18.9 Å². The lowest BCUT2D eigenvalue weighted by molar-refractivity contribution is -0.380. The smallest absolute Gasteiger partial charge is 0.324 e. The Bertz CT molecular complexity index is 486. The fourth-order valence-corrected chi connectivity index (χ4v) is 3.01. The summed E-state index contributed by atoms with van der Waals surface area (Å²) in [7, 11) is 0. The predicted octanol–water partition coefficient (Wildman–Crippen LogP) is 2.52. The molecule has 2 heterocycles. The molecule has 1 fully saturated rings. The van der Waals surface area contributed by atoms with Crippen LogP contribution >= 0.6 is 22.9 Å². The number of hydrogen-bond acceptors (Lipinski definition) is 5. The van der Waals surface area contributed by atoms with E-state index in [4.69, 9.17) is 16.3 Å². The molecule has 1 aliphatic heterocycles. The SMILES string of the molecule is O=C(c1ccc([N+](=O)[O-])s1)N1CCC(OCCCl)CC1. The fourth-order valence-electron chi connectivity index (χ4n) is 2.13. The molecule has 1 aromatic heterocycles. The van der Waals surface area contributed by atoms with E-state index in [0.29, 0.717) is 30.5 Å². The molecule has 8 heteroatoms. The van der Waals surface area contributed by atoms with Crippen LogP contribution in [0.4, 0.5) is 5.00 Å². The molecule has 0 aliphatic carbocycles. The first-order valence-electron chi connectivity index (χ1n) is 6.33. The molecular weight excluding hydrogens is 304 g/mol. The lowest BCUT2D eigenvalue weighted by Gasteiger charge is -2.31. The van der Waals surface area contributed by atoms with E-state index in [1.54, 1.807) is 4.90 Å². The molecule has 1 aromatic rings. The molecule has 0 saturated carbocycles. The number of ether oxygens (including phenoxy) is 1. The third-order valence-electron chi connectivity index (χ3n) is 3.14. The first-order chi connectivity index (χ1) is 9.61. The van der Waals surface area contributed by atoms with Gasteiger partial charge in [-0.05, 0) is 18.9 Å². The zero-order chi connectivity index (χ0) is 14.5. The Morgan fingerprint density at radius 1 is 1.50 bits per heavy atom. The van der Waals surface area contributed by atoms with Gasteiger partial charge in [-0.2, -0.15) is 0 Å². The molecule has 0 spiro atoms. The van der Waals surface area contributed by atoms with Crippen molar-refractivity contribution in [1.82, 2.24) is 4.90 Å². The summed E-state index contributed by atoms with van der Waals surface area (Å²) in [6, 6.07) is 2.88. The van der Waals surface area contributed by atoms with Crippen LogP contribution in [0.2, 0.25) is 0 Å². The number of alkyl halides is 1. The Hall–Kier alpha value is -1.18. The number of likely N-dealkylation sites (tertiary alicyclic amines) is 1. The van der Waals surface area contributed by atoms with Crippen LogP contribution in [-0.4, -0.2) is 47.4 Å². The predicted molar refractivity (Wildman–Crippen MR) is 76.6 cm³/mol. The standard InChI is InChI=1S/C12H15ClN2O4S/c13-5-8-19-9-3-6-14(7-4-9)12(16)10-1-2-11(20-10)15(17)18/h1-2,9H,3-8H2. The van der Waals surface area contributed by atoms with Gasteiger partial charge in [0.25, 0.3) is 5.91 Å². The summed E-state index contributed by atoms with van der Waals surface area (Å²) in [6.07, 6.45) is 1.70. The normalized spacial score (nSPS) is 16.4.